The van der Waals surface area contributed by atoms with Crippen molar-refractivity contribution in [2.45, 2.75) is 19.0 Å². The second-order valence-electron chi connectivity index (χ2n) is 7.93. The molecule has 2 atom stereocenters. The Morgan fingerprint density at radius 1 is 1.06 bits per heavy atom. The van der Waals surface area contributed by atoms with Gasteiger partial charge in [-0.05, 0) is 85.0 Å². The molecule has 2 aromatic carbocycles. The van der Waals surface area contributed by atoms with E-state index < -0.39 is 0 Å². The fourth-order valence-electron chi connectivity index (χ4n) is 4.11. The molecule has 2 N–H and O–H groups in total. The van der Waals surface area contributed by atoms with Crippen molar-refractivity contribution in [1.29, 1.82) is 0 Å². The minimum Gasteiger partial charge on any atom is -0.459 e. The van der Waals surface area contributed by atoms with Crippen molar-refractivity contribution < 1.29 is 9.21 Å². The summed E-state index contributed by atoms with van der Waals surface area (Å²) in [5, 5.41) is 7.45. The predicted octanol–water partition coefficient (Wildman–Crippen LogP) is 6.13. The van der Waals surface area contributed by atoms with Crippen LogP contribution in [0.3, 0.4) is 0 Å². The largest absolute Gasteiger partial charge is 0.459 e. The van der Waals surface area contributed by atoms with E-state index in [0.717, 1.165) is 34.2 Å². The number of carbonyl (C=O) groups is 1. The number of rotatable bonds is 5. The number of hydrogen-bond acceptors (Lipinski definition) is 4. The van der Waals surface area contributed by atoms with Gasteiger partial charge in [0.1, 0.15) is 17.6 Å². The third kappa shape index (κ3) is 4.40. The molecule has 1 fully saturated rings. The molecule has 0 radical (unpaired) electrons. The van der Waals surface area contributed by atoms with Crippen LogP contribution >= 0.6 is 23.8 Å². The van der Waals surface area contributed by atoms with Gasteiger partial charge in [-0.3, -0.25) is 9.78 Å². The van der Waals surface area contributed by atoms with E-state index in [0.29, 0.717) is 10.1 Å². The number of carbonyl (C=O) groups excluding carboxylic acids is 1. The molecular formula is C26H21ClN4O2S. The van der Waals surface area contributed by atoms with Gasteiger partial charge in [-0.1, -0.05) is 17.7 Å². The first-order chi connectivity index (χ1) is 16.5. The molecule has 1 aliphatic rings. The van der Waals surface area contributed by atoms with E-state index in [1.165, 1.54) is 6.92 Å². The van der Waals surface area contributed by atoms with Crippen LogP contribution in [-0.2, 0) is 4.79 Å². The molecule has 4 aromatic rings. The summed E-state index contributed by atoms with van der Waals surface area (Å²) in [7, 11) is 0. The molecule has 0 aliphatic carbocycles. The maximum atomic E-state index is 11.4. The number of nitrogens with one attached hydrogen (secondary N) is 2. The molecular weight excluding hydrogens is 468 g/mol. The van der Waals surface area contributed by atoms with Gasteiger partial charge in [0, 0.05) is 35.1 Å². The average Bonchev–Trinajstić information content (AvgIpc) is 3.45. The molecule has 0 spiro atoms. The molecule has 0 saturated carbocycles. The molecule has 0 bridgehead atoms. The summed E-state index contributed by atoms with van der Waals surface area (Å²) in [6.45, 7) is 1.48. The third-order valence-electron chi connectivity index (χ3n) is 5.61. The molecule has 1 aliphatic heterocycles. The summed E-state index contributed by atoms with van der Waals surface area (Å²) >= 11 is 11.8. The smallest absolute Gasteiger partial charge is 0.221 e. The first kappa shape index (κ1) is 22.1. The van der Waals surface area contributed by atoms with Crippen molar-refractivity contribution in [3.05, 3.63) is 102 Å². The third-order valence-corrected chi connectivity index (χ3v) is 6.18. The number of aromatic nitrogens is 1. The van der Waals surface area contributed by atoms with Gasteiger partial charge in [0.15, 0.2) is 5.11 Å². The zero-order valence-corrected chi connectivity index (χ0v) is 19.8. The van der Waals surface area contributed by atoms with Gasteiger partial charge in [0.2, 0.25) is 5.91 Å². The maximum Gasteiger partial charge on any atom is 0.221 e. The minimum atomic E-state index is -0.268. The van der Waals surface area contributed by atoms with Gasteiger partial charge in [0.25, 0.3) is 0 Å². The Bertz CT molecular complexity index is 1320. The highest BCUT2D eigenvalue weighted by Crippen LogP contribution is 2.43. The summed E-state index contributed by atoms with van der Waals surface area (Å²) < 4.78 is 6.35. The van der Waals surface area contributed by atoms with E-state index in [9.17, 15) is 4.79 Å². The highest BCUT2D eigenvalue weighted by atomic mass is 35.5. The molecule has 8 heteroatoms. The summed E-state index contributed by atoms with van der Waals surface area (Å²) in [4.78, 5) is 18.0. The van der Waals surface area contributed by atoms with Gasteiger partial charge >= 0.3 is 0 Å². The van der Waals surface area contributed by atoms with E-state index in [1.807, 2.05) is 83.8 Å². The molecule has 2 aromatic heterocycles. The second-order valence-corrected chi connectivity index (χ2v) is 8.76. The molecule has 5 rings (SSSR count). The minimum absolute atomic E-state index is 0.121. The fourth-order valence-corrected chi connectivity index (χ4v) is 4.58. The van der Waals surface area contributed by atoms with Crippen LogP contribution in [0, 0.1) is 0 Å². The van der Waals surface area contributed by atoms with Gasteiger partial charge in [-0.15, -0.1) is 0 Å². The number of furan rings is 1. The van der Waals surface area contributed by atoms with Crippen molar-refractivity contribution in [2.24, 2.45) is 0 Å². The quantitative estimate of drug-likeness (QED) is 0.329. The standard InChI is InChI=1S/C26H21ClN4O2S/c1-16(32)29-19-9-11-20(12-10-19)31-25(24(30-26(31)34)21-4-2-3-15-28-21)23-14-13-22(33-23)17-5-7-18(27)8-6-17/h2-15,24-25H,1H3,(H,29,32)(H,30,34)/t24-,25+/m0/s1. The first-order valence-corrected chi connectivity index (χ1v) is 11.5. The van der Waals surface area contributed by atoms with Gasteiger partial charge < -0.3 is 20.0 Å². The molecule has 1 amide bonds. The van der Waals surface area contributed by atoms with E-state index in [4.69, 9.17) is 28.2 Å². The van der Waals surface area contributed by atoms with Crippen molar-refractivity contribution in [2.75, 3.05) is 10.2 Å². The summed E-state index contributed by atoms with van der Waals surface area (Å²) in [5.74, 6) is 1.37. The lowest BCUT2D eigenvalue weighted by atomic mass is 10.0. The molecule has 0 unspecified atom stereocenters. The Kier molecular flexibility index (Phi) is 6.04. The number of anilines is 2. The van der Waals surface area contributed by atoms with E-state index in [1.54, 1.807) is 6.20 Å². The average molecular weight is 489 g/mol. The molecule has 170 valence electrons. The Labute approximate surface area is 207 Å². The van der Waals surface area contributed by atoms with Gasteiger partial charge in [0.05, 0.1) is 11.7 Å². The van der Waals surface area contributed by atoms with Crippen LogP contribution in [0.15, 0.2) is 89.5 Å². The number of thiocarbonyl (C=S) groups is 1. The van der Waals surface area contributed by atoms with E-state index in [2.05, 4.69) is 15.6 Å². The zero-order chi connectivity index (χ0) is 23.7. The fraction of sp³-hybridized carbons (Fsp3) is 0.115. The summed E-state index contributed by atoms with van der Waals surface area (Å²) in [6, 6.07) is 24.3. The topological polar surface area (TPSA) is 70.4 Å². The number of benzene rings is 2. The van der Waals surface area contributed by atoms with Crippen LogP contribution in [0.2, 0.25) is 5.02 Å². The Hall–Kier alpha value is -3.68. The van der Waals surface area contributed by atoms with Crippen molar-refractivity contribution in [1.82, 2.24) is 10.3 Å². The number of halogens is 1. The highest BCUT2D eigenvalue weighted by Gasteiger charge is 2.42. The van der Waals surface area contributed by atoms with Crippen LogP contribution in [0.5, 0.6) is 0 Å². The normalized spacial score (nSPS) is 17.5. The Morgan fingerprint density at radius 3 is 2.50 bits per heavy atom. The van der Waals surface area contributed by atoms with E-state index >= 15 is 0 Å². The van der Waals surface area contributed by atoms with Gasteiger partial charge in [-0.25, -0.2) is 0 Å². The van der Waals surface area contributed by atoms with Crippen LogP contribution < -0.4 is 15.5 Å². The number of hydrogen-bond donors (Lipinski definition) is 2. The maximum absolute atomic E-state index is 11.4. The Morgan fingerprint density at radius 2 is 1.82 bits per heavy atom. The summed E-state index contributed by atoms with van der Waals surface area (Å²) in [6.07, 6.45) is 1.77. The van der Waals surface area contributed by atoms with Crippen LogP contribution in [0.4, 0.5) is 11.4 Å². The Balaban J connectivity index is 1.55. The molecule has 1 saturated heterocycles. The molecule has 6 nitrogen and oxygen atoms in total. The zero-order valence-electron chi connectivity index (χ0n) is 18.2. The van der Waals surface area contributed by atoms with Crippen LogP contribution in [0.25, 0.3) is 11.3 Å². The molecule has 34 heavy (non-hydrogen) atoms. The lowest BCUT2D eigenvalue weighted by Crippen LogP contribution is -2.29. The van der Waals surface area contributed by atoms with Crippen LogP contribution in [0.1, 0.15) is 30.5 Å². The number of amides is 1. The highest BCUT2D eigenvalue weighted by molar-refractivity contribution is 7.80. The van der Waals surface area contributed by atoms with Crippen molar-refractivity contribution in [3.63, 3.8) is 0 Å². The first-order valence-electron chi connectivity index (χ1n) is 10.7. The van der Waals surface area contributed by atoms with Crippen molar-refractivity contribution >= 4 is 46.2 Å². The SMILES string of the molecule is CC(=O)Nc1ccc(N2C(=S)N[C@@H](c3ccccn3)[C@H]2c2ccc(-c3ccc(Cl)cc3)o2)cc1. The predicted molar refractivity (Wildman–Crippen MR) is 138 cm³/mol. The van der Waals surface area contributed by atoms with Crippen molar-refractivity contribution in [3.8, 4) is 11.3 Å². The summed E-state index contributed by atoms with van der Waals surface area (Å²) in [5.41, 5.74) is 3.39. The second kappa shape index (κ2) is 9.29. The monoisotopic (exact) mass is 488 g/mol. The van der Waals surface area contributed by atoms with E-state index in [-0.39, 0.29) is 18.0 Å². The van der Waals surface area contributed by atoms with Crippen LogP contribution in [-0.4, -0.2) is 16.0 Å². The lowest BCUT2D eigenvalue weighted by Gasteiger charge is -2.26. The number of pyridine rings is 1. The van der Waals surface area contributed by atoms with Gasteiger partial charge in [-0.2, -0.15) is 0 Å². The number of nitrogens with zero attached hydrogens (tertiary/aromatic N) is 2. The lowest BCUT2D eigenvalue weighted by molar-refractivity contribution is -0.114. The molecule has 3 heterocycles.